The third kappa shape index (κ3) is 6.26. The highest BCUT2D eigenvalue weighted by atomic mass is 79.9. The van der Waals surface area contributed by atoms with E-state index in [1.54, 1.807) is 54.6 Å². The van der Waals surface area contributed by atoms with Crippen LogP contribution in [0.3, 0.4) is 0 Å². The van der Waals surface area contributed by atoms with Gasteiger partial charge in [0, 0.05) is 20.7 Å². The number of rotatable bonds is 5. The van der Waals surface area contributed by atoms with Crippen LogP contribution in [0.2, 0.25) is 5.02 Å². The monoisotopic (exact) mass is 513 g/mol. The van der Waals surface area contributed by atoms with E-state index in [1.165, 1.54) is 6.21 Å². The molecule has 0 unspecified atom stereocenters. The summed E-state index contributed by atoms with van der Waals surface area (Å²) in [7, 11) is 0. The number of hydrazone groups is 1. The molecule has 0 spiro atoms. The summed E-state index contributed by atoms with van der Waals surface area (Å²) in [5.74, 6) is -2.17. The Labute approximate surface area is 197 Å². The molecule has 7 nitrogen and oxygen atoms in total. The molecule has 0 atom stereocenters. The number of halogens is 2. The van der Waals surface area contributed by atoms with Crippen molar-refractivity contribution in [1.29, 1.82) is 0 Å². The number of nitrogens with zero attached hydrogens (tertiary/aromatic N) is 1. The summed E-state index contributed by atoms with van der Waals surface area (Å²) in [5, 5.41) is 6.82. The molecule has 0 saturated heterocycles. The zero-order chi connectivity index (χ0) is 23.1. The maximum atomic E-state index is 12.4. The zero-order valence-electron chi connectivity index (χ0n) is 16.8. The normalized spacial score (nSPS) is 10.6. The van der Waals surface area contributed by atoms with Crippen molar-refractivity contribution in [2.45, 2.75) is 6.92 Å². The van der Waals surface area contributed by atoms with Gasteiger partial charge in [-0.05, 0) is 61.0 Å². The first-order chi connectivity index (χ1) is 15.3. The van der Waals surface area contributed by atoms with Crippen LogP contribution in [0.15, 0.2) is 76.3 Å². The molecular formula is C23H17BrClN3O4. The minimum atomic E-state index is -0.945. The number of esters is 1. The van der Waals surface area contributed by atoms with E-state index in [9.17, 15) is 14.4 Å². The topological polar surface area (TPSA) is 96.9 Å². The smallest absolute Gasteiger partial charge is 0.343 e. The zero-order valence-corrected chi connectivity index (χ0v) is 19.1. The highest BCUT2D eigenvalue weighted by molar-refractivity contribution is 9.10. The second kappa shape index (κ2) is 10.7. The van der Waals surface area contributed by atoms with Crippen LogP contribution in [0.1, 0.15) is 21.5 Å². The summed E-state index contributed by atoms with van der Waals surface area (Å²) in [4.78, 5) is 36.5. The molecule has 32 heavy (non-hydrogen) atoms. The fourth-order valence-corrected chi connectivity index (χ4v) is 3.07. The Morgan fingerprint density at radius 1 is 1.00 bits per heavy atom. The maximum Gasteiger partial charge on any atom is 0.343 e. The lowest BCUT2D eigenvalue weighted by Gasteiger charge is -2.08. The number of carbonyl (C=O) groups excluding carboxylic acids is 3. The van der Waals surface area contributed by atoms with E-state index in [4.69, 9.17) is 16.3 Å². The van der Waals surface area contributed by atoms with E-state index in [0.29, 0.717) is 26.3 Å². The Hall–Kier alpha value is -3.49. The van der Waals surface area contributed by atoms with Gasteiger partial charge in [-0.3, -0.25) is 9.59 Å². The number of anilines is 1. The molecule has 0 saturated carbocycles. The van der Waals surface area contributed by atoms with Crippen molar-refractivity contribution in [1.82, 2.24) is 5.43 Å². The van der Waals surface area contributed by atoms with Crippen molar-refractivity contribution >= 4 is 57.2 Å². The van der Waals surface area contributed by atoms with Crippen LogP contribution >= 0.6 is 27.5 Å². The number of para-hydroxylation sites is 1. The van der Waals surface area contributed by atoms with Gasteiger partial charge >= 0.3 is 17.8 Å². The highest BCUT2D eigenvalue weighted by Crippen LogP contribution is 2.23. The molecule has 0 radical (unpaired) electrons. The van der Waals surface area contributed by atoms with E-state index >= 15 is 0 Å². The Bertz CT molecular complexity index is 1200. The third-order valence-corrected chi connectivity index (χ3v) is 4.97. The molecule has 0 aliphatic rings. The van der Waals surface area contributed by atoms with Gasteiger partial charge in [-0.2, -0.15) is 5.10 Å². The predicted octanol–water partition coefficient (Wildman–Crippen LogP) is 4.72. The summed E-state index contributed by atoms with van der Waals surface area (Å²) < 4.78 is 6.14. The van der Waals surface area contributed by atoms with Crippen LogP contribution in [-0.4, -0.2) is 24.0 Å². The summed E-state index contributed by atoms with van der Waals surface area (Å²) in [6.07, 6.45) is 1.27. The number of amides is 2. The molecule has 0 aromatic heterocycles. The number of hydrogen-bond acceptors (Lipinski definition) is 5. The number of hydrogen-bond donors (Lipinski definition) is 2. The molecule has 0 fully saturated rings. The average molecular weight is 515 g/mol. The van der Waals surface area contributed by atoms with Gasteiger partial charge in [0.2, 0.25) is 0 Å². The second-order valence-electron chi connectivity index (χ2n) is 6.55. The number of carbonyl (C=O) groups is 3. The molecule has 0 aliphatic carbocycles. The Kier molecular flexibility index (Phi) is 7.75. The second-order valence-corrected chi connectivity index (χ2v) is 7.90. The van der Waals surface area contributed by atoms with E-state index in [2.05, 4.69) is 31.8 Å². The van der Waals surface area contributed by atoms with Crippen molar-refractivity contribution in [3.05, 3.63) is 92.9 Å². The summed E-state index contributed by atoms with van der Waals surface area (Å²) >= 11 is 9.17. The van der Waals surface area contributed by atoms with Crippen molar-refractivity contribution in [2.75, 3.05) is 5.32 Å². The van der Waals surface area contributed by atoms with Crippen molar-refractivity contribution in [2.24, 2.45) is 5.10 Å². The van der Waals surface area contributed by atoms with E-state index in [1.807, 2.05) is 19.1 Å². The fraction of sp³-hybridized carbons (Fsp3) is 0.0435. The van der Waals surface area contributed by atoms with Gasteiger partial charge in [0.25, 0.3) is 0 Å². The van der Waals surface area contributed by atoms with Crippen LogP contribution in [0.4, 0.5) is 5.69 Å². The molecule has 0 heterocycles. The molecule has 2 N–H and O–H groups in total. The Morgan fingerprint density at radius 3 is 2.44 bits per heavy atom. The molecule has 2 amide bonds. The van der Waals surface area contributed by atoms with Crippen molar-refractivity contribution < 1.29 is 19.1 Å². The van der Waals surface area contributed by atoms with Gasteiger partial charge in [0.15, 0.2) is 0 Å². The fourth-order valence-electron chi connectivity index (χ4n) is 2.56. The highest BCUT2D eigenvalue weighted by Gasteiger charge is 2.15. The quantitative estimate of drug-likeness (QED) is 0.169. The Morgan fingerprint density at radius 2 is 1.72 bits per heavy atom. The molecule has 3 rings (SSSR count). The maximum absolute atomic E-state index is 12.4. The number of aryl methyl sites for hydroxylation is 1. The molecule has 3 aromatic carbocycles. The van der Waals surface area contributed by atoms with Gasteiger partial charge < -0.3 is 10.1 Å². The average Bonchev–Trinajstić information content (AvgIpc) is 2.77. The summed E-state index contributed by atoms with van der Waals surface area (Å²) in [6, 6.07) is 18.2. The van der Waals surface area contributed by atoms with Gasteiger partial charge in [-0.25, -0.2) is 10.2 Å². The largest absolute Gasteiger partial charge is 0.422 e. The van der Waals surface area contributed by atoms with E-state index < -0.39 is 17.8 Å². The summed E-state index contributed by atoms with van der Waals surface area (Å²) in [5.41, 5.74) is 4.23. The predicted molar refractivity (Wildman–Crippen MR) is 126 cm³/mol. The lowest BCUT2D eigenvalue weighted by atomic mass is 10.2. The van der Waals surface area contributed by atoms with Crippen LogP contribution in [0, 0.1) is 6.92 Å². The van der Waals surface area contributed by atoms with Gasteiger partial charge in [0.1, 0.15) is 5.75 Å². The van der Waals surface area contributed by atoms with Crippen LogP contribution in [0.25, 0.3) is 0 Å². The molecular weight excluding hydrogens is 498 g/mol. The van der Waals surface area contributed by atoms with Gasteiger partial charge in [-0.1, -0.05) is 45.7 Å². The molecule has 0 aliphatic heterocycles. The molecule has 162 valence electrons. The standard InChI is InChI=1S/C23H17BrClN3O4/c1-14-4-2-3-5-19(14)27-21(29)22(30)28-26-13-16-12-17(24)8-11-20(16)32-23(31)15-6-9-18(25)10-7-15/h2-13H,1H3,(H,27,29)(H,28,30)/b26-13+. The summed E-state index contributed by atoms with van der Waals surface area (Å²) in [6.45, 7) is 1.81. The third-order valence-electron chi connectivity index (χ3n) is 4.22. The lowest BCUT2D eigenvalue weighted by Crippen LogP contribution is -2.32. The van der Waals surface area contributed by atoms with Crippen LogP contribution in [-0.2, 0) is 9.59 Å². The van der Waals surface area contributed by atoms with Crippen molar-refractivity contribution in [3.63, 3.8) is 0 Å². The number of benzene rings is 3. The minimum Gasteiger partial charge on any atom is -0.422 e. The van der Waals surface area contributed by atoms with E-state index in [0.717, 1.165) is 5.56 Å². The number of ether oxygens (including phenoxy) is 1. The van der Waals surface area contributed by atoms with Gasteiger partial charge in [0.05, 0.1) is 11.8 Å². The lowest BCUT2D eigenvalue weighted by molar-refractivity contribution is -0.136. The first-order valence-electron chi connectivity index (χ1n) is 9.31. The SMILES string of the molecule is Cc1ccccc1NC(=O)C(=O)N/N=C/c1cc(Br)ccc1OC(=O)c1ccc(Cl)cc1. The van der Waals surface area contributed by atoms with E-state index in [-0.39, 0.29) is 5.75 Å². The van der Waals surface area contributed by atoms with Crippen LogP contribution < -0.4 is 15.5 Å². The number of nitrogens with one attached hydrogen (secondary N) is 2. The first-order valence-corrected chi connectivity index (χ1v) is 10.5. The minimum absolute atomic E-state index is 0.218. The molecule has 0 bridgehead atoms. The molecule has 3 aromatic rings. The van der Waals surface area contributed by atoms with Crippen molar-refractivity contribution in [3.8, 4) is 5.75 Å². The Balaban J connectivity index is 1.67. The van der Waals surface area contributed by atoms with Crippen LogP contribution in [0.5, 0.6) is 5.75 Å². The first kappa shape index (κ1) is 23.2. The molecule has 9 heteroatoms. The van der Waals surface area contributed by atoms with Gasteiger partial charge in [-0.15, -0.1) is 0 Å².